The quantitative estimate of drug-likeness (QED) is 0.736. The predicted molar refractivity (Wildman–Crippen MR) is 102 cm³/mol. The summed E-state index contributed by atoms with van der Waals surface area (Å²) in [6.07, 6.45) is 0. The summed E-state index contributed by atoms with van der Waals surface area (Å²) < 4.78 is 0. The maximum atomic E-state index is 11.8. The van der Waals surface area contributed by atoms with Gasteiger partial charge in [-0.15, -0.1) is 0 Å². The SMILES string of the molecule is Cc1cc(C(=O)NC(C)(C)C)cc(Cl)n1.Cc1cc(C(=O)O)cc(Cl)n1. The van der Waals surface area contributed by atoms with Crippen molar-refractivity contribution in [3.8, 4) is 0 Å². The second-order valence-electron chi connectivity index (χ2n) is 6.65. The maximum Gasteiger partial charge on any atom is 0.335 e. The van der Waals surface area contributed by atoms with Crippen LogP contribution in [0.15, 0.2) is 24.3 Å². The van der Waals surface area contributed by atoms with Crippen LogP contribution in [0.3, 0.4) is 0 Å². The van der Waals surface area contributed by atoms with Gasteiger partial charge in [-0.3, -0.25) is 4.79 Å². The van der Waals surface area contributed by atoms with Gasteiger partial charge in [-0.25, -0.2) is 14.8 Å². The van der Waals surface area contributed by atoms with Gasteiger partial charge >= 0.3 is 5.97 Å². The second-order valence-corrected chi connectivity index (χ2v) is 7.42. The molecule has 1 amide bonds. The number of carboxylic acids is 1. The highest BCUT2D eigenvalue weighted by molar-refractivity contribution is 6.30. The van der Waals surface area contributed by atoms with Crippen LogP contribution in [0.4, 0.5) is 0 Å². The van der Waals surface area contributed by atoms with Gasteiger partial charge in [-0.05, 0) is 58.9 Å². The van der Waals surface area contributed by atoms with Gasteiger partial charge in [0.1, 0.15) is 10.3 Å². The Balaban J connectivity index is 0.000000273. The Morgan fingerprint density at radius 1 is 0.923 bits per heavy atom. The molecule has 8 heteroatoms. The molecule has 2 N–H and O–H groups in total. The van der Waals surface area contributed by atoms with Crippen molar-refractivity contribution in [3.63, 3.8) is 0 Å². The third-order valence-corrected chi connectivity index (χ3v) is 3.23. The van der Waals surface area contributed by atoms with Crippen molar-refractivity contribution in [2.45, 2.75) is 40.2 Å². The third-order valence-electron chi connectivity index (χ3n) is 2.84. The largest absolute Gasteiger partial charge is 0.478 e. The molecule has 140 valence electrons. The molecule has 0 fully saturated rings. The fourth-order valence-electron chi connectivity index (χ4n) is 1.92. The Morgan fingerprint density at radius 2 is 1.35 bits per heavy atom. The number of rotatable bonds is 2. The molecule has 0 aliphatic carbocycles. The average molecular weight is 398 g/mol. The zero-order chi connectivity index (χ0) is 20.1. The van der Waals surface area contributed by atoms with Crippen LogP contribution in [0, 0.1) is 13.8 Å². The van der Waals surface area contributed by atoms with E-state index >= 15 is 0 Å². The molecule has 2 rings (SSSR count). The minimum Gasteiger partial charge on any atom is -0.478 e. The van der Waals surface area contributed by atoms with Gasteiger partial charge in [0.25, 0.3) is 5.91 Å². The summed E-state index contributed by atoms with van der Waals surface area (Å²) in [6.45, 7) is 9.29. The molecule has 6 nitrogen and oxygen atoms in total. The van der Waals surface area contributed by atoms with Crippen LogP contribution < -0.4 is 5.32 Å². The van der Waals surface area contributed by atoms with E-state index in [0.717, 1.165) is 5.69 Å². The number of pyridine rings is 2. The van der Waals surface area contributed by atoms with Crippen molar-refractivity contribution in [2.75, 3.05) is 0 Å². The molecule has 0 bridgehead atoms. The summed E-state index contributed by atoms with van der Waals surface area (Å²) in [5, 5.41) is 12.0. The number of aryl methyl sites for hydroxylation is 2. The van der Waals surface area contributed by atoms with Gasteiger partial charge < -0.3 is 10.4 Å². The number of halogens is 2. The number of aromatic nitrogens is 2. The number of carbonyl (C=O) groups is 2. The van der Waals surface area contributed by atoms with Crippen molar-refractivity contribution in [3.05, 3.63) is 57.1 Å². The summed E-state index contributed by atoms with van der Waals surface area (Å²) in [4.78, 5) is 30.0. The minimum absolute atomic E-state index is 0.130. The lowest BCUT2D eigenvalue weighted by Gasteiger charge is -2.20. The normalized spacial score (nSPS) is 10.6. The van der Waals surface area contributed by atoms with Crippen LogP contribution in [0.2, 0.25) is 10.3 Å². The summed E-state index contributed by atoms with van der Waals surface area (Å²) in [5.41, 5.74) is 1.81. The third kappa shape index (κ3) is 7.80. The van der Waals surface area contributed by atoms with Gasteiger partial charge in [-0.2, -0.15) is 0 Å². The maximum absolute atomic E-state index is 11.8. The molecule has 2 aromatic heterocycles. The molecule has 0 atom stereocenters. The van der Waals surface area contributed by atoms with E-state index in [9.17, 15) is 9.59 Å². The Labute approximate surface area is 162 Å². The van der Waals surface area contributed by atoms with Gasteiger partial charge in [0.05, 0.1) is 5.56 Å². The lowest BCUT2D eigenvalue weighted by atomic mass is 10.1. The van der Waals surface area contributed by atoms with E-state index < -0.39 is 5.97 Å². The van der Waals surface area contributed by atoms with Crippen molar-refractivity contribution in [1.29, 1.82) is 0 Å². The fourth-order valence-corrected chi connectivity index (χ4v) is 2.43. The molecule has 2 aromatic rings. The number of nitrogens with zero attached hydrogens (tertiary/aromatic N) is 2. The number of amides is 1. The van der Waals surface area contributed by atoms with Gasteiger partial charge in [-0.1, -0.05) is 23.2 Å². The Kier molecular flexibility index (Phi) is 7.54. The van der Waals surface area contributed by atoms with Crippen LogP contribution in [-0.4, -0.2) is 32.5 Å². The van der Waals surface area contributed by atoms with E-state index in [1.165, 1.54) is 12.1 Å². The van der Waals surface area contributed by atoms with Crippen LogP contribution in [0.25, 0.3) is 0 Å². The fraction of sp³-hybridized carbons (Fsp3) is 0.333. The van der Waals surface area contributed by atoms with Gasteiger partial charge in [0.2, 0.25) is 0 Å². The number of hydrogen-bond acceptors (Lipinski definition) is 4. The first kappa shape index (κ1) is 21.9. The lowest BCUT2D eigenvalue weighted by Crippen LogP contribution is -2.40. The summed E-state index contributed by atoms with van der Waals surface area (Å²) in [7, 11) is 0. The molecule has 0 saturated carbocycles. The van der Waals surface area contributed by atoms with E-state index in [4.69, 9.17) is 28.3 Å². The molecule has 26 heavy (non-hydrogen) atoms. The molecule has 0 radical (unpaired) electrons. The number of hydrogen-bond donors (Lipinski definition) is 2. The van der Waals surface area contributed by atoms with Gasteiger partial charge in [0, 0.05) is 22.5 Å². The molecule has 0 aromatic carbocycles. The molecular formula is C18H21Cl2N3O3. The van der Waals surface area contributed by atoms with Crippen LogP contribution >= 0.6 is 23.2 Å². The molecule has 0 aliphatic heterocycles. The van der Waals surface area contributed by atoms with Crippen LogP contribution in [0.1, 0.15) is 52.9 Å². The monoisotopic (exact) mass is 397 g/mol. The highest BCUT2D eigenvalue weighted by Crippen LogP contribution is 2.12. The van der Waals surface area contributed by atoms with E-state index in [-0.39, 0.29) is 22.2 Å². The first-order valence-electron chi connectivity index (χ1n) is 7.71. The number of aromatic carboxylic acids is 1. The van der Waals surface area contributed by atoms with Crippen molar-refractivity contribution in [2.24, 2.45) is 0 Å². The highest BCUT2D eigenvalue weighted by Gasteiger charge is 2.15. The Hall–Kier alpha value is -2.18. The van der Waals surface area contributed by atoms with Crippen molar-refractivity contribution < 1.29 is 14.7 Å². The average Bonchev–Trinajstić information content (AvgIpc) is 2.44. The number of carbonyl (C=O) groups excluding carboxylic acids is 1. The summed E-state index contributed by atoms with van der Waals surface area (Å²) >= 11 is 11.3. The van der Waals surface area contributed by atoms with E-state index in [0.29, 0.717) is 16.4 Å². The minimum atomic E-state index is -0.989. The molecule has 0 aliphatic rings. The first-order valence-corrected chi connectivity index (χ1v) is 8.47. The molecule has 0 unspecified atom stereocenters. The lowest BCUT2D eigenvalue weighted by molar-refractivity contribution is 0.0696. The topological polar surface area (TPSA) is 92.2 Å². The Bertz CT molecular complexity index is 777. The highest BCUT2D eigenvalue weighted by atomic mass is 35.5. The zero-order valence-corrected chi connectivity index (χ0v) is 16.7. The van der Waals surface area contributed by atoms with Crippen LogP contribution in [0.5, 0.6) is 0 Å². The number of carboxylic acid groups (broad SMARTS) is 1. The standard InChI is InChI=1S/C11H15ClN2O.C7H6ClNO2/c1-7-5-8(6-9(12)13-7)10(15)14-11(2,3)4;1-4-2-5(7(10)11)3-6(8)9-4/h5-6H,1-4H3,(H,14,15);2-3H,1H3,(H,10,11). The van der Waals surface area contributed by atoms with E-state index in [1.807, 2.05) is 20.8 Å². The van der Waals surface area contributed by atoms with E-state index in [1.54, 1.807) is 26.0 Å². The molecular weight excluding hydrogens is 377 g/mol. The van der Waals surface area contributed by atoms with Gasteiger partial charge in [0.15, 0.2) is 0 Å². The second kappa shape index (κ2) is 8.96. The van der Waals surface area contributed by atoms with Crippen molar-refractivity contribution >= 4 is 35.1 Å². The molecule has 2 heterocycles. The first-order chi connectivity index (χ1) is 11.9. The molecule has 0 spiro atoms. The van der Waals surface area contributed by atoms with Crippen LogP contribution in [-0.2, 0) is 0 Å². The predicted octanol–water partition coefficient (Wildman–Crippen LogP) is 4.31. The zero-order valence-electron chi connectivity index (χ0n) is 15.2. The number of nitrogens with one attached hydrogen (secondary N) is 1. The summed E-state index contributed by atoms with van der Waals surface area (Å²) in [5.74, 6) is -1.12. The Morgan fingerprint density at radius 3 is 1.73 bits per heavy atom. The summed E-state index contributed by atoms with van der Waals surface area (Å²) in [6, 6.07) is 6.06. The smallest absolute Gasteiger partial charge is 0.335 e. The van der Waals surface area contributed by atoms with Crippen molar-refractivity contribution in [1.82, 2.24) is 15.3 Å². The molecule has 0 saturated heterocycles. The van der Waals surface area contributed by atoms with E-state index in [2.05, 4.69) is 15.3 Å².